The second-order valence-electron chi connectivity index (χ2n) is 6.14. The van der Waals surface area contributed by atoms with Crippen LogP contribution in [0.4, 0.5) is 0 Å². The average molecular weight is 341 g/mol. The van der Waals surface area contributed by atoms with Gasteiger partial charge in [-0.2, -0.15) is 0 Å². The minimum atomic E-state index is -0.0750. The molecule has 0 aromatic heterocycles. The molecule has 0 saturated heterocycles. The van der Waals surface area contributed by atoms with Crippen molar-refractivity contribution < 1.29 is 14.3 Å². The van der Waals surface area contributed by atoms with E-state index in [9.17, 15) is 4.79 Å². The van der Waals surface area contributed by atoms with Crippen molar-refractivity contribution in [3.8, 4) is 11.5 Å². The Morgan fingerprint density at radius 2 is 1.80 bits per heavy atom. The SMILES string of the molecule is CCOc1ccc(C(=O)N[C@@H](C)CC)cc1COc1ccc(C)cc1. The summed E-state index contributed by atoms with van der Waals surface area (Å²) < 4.78 is 11.5. The summed E-state index contributed by atoms with van der Waals surface area (Å²) in [6.45, 7) is 8.93. The first-order valence-electron chi connectivity index (χ1n) is 8.79. The molecule has 1 atom stereocenters. The smallest absolute Gasteiger partial charge is 0.251 e. The highest BCUT2D eigenvalue weighted by Crippen LogP contribution is 2.23. The van der Waals surface area contributed by atoms with Crippen LogP contribution in [0.2, 0.25) is 0 Å². The molecule has 0 aliphatic heterocycles. The van der Waals surface area contributed by atoms with E-state index >= 15 is 0 Å². The Morgan fingerprint density at radius 3 is 2.44 bits per heavy atom. The normalized spacial score (nSPS) is 11.7. The molecule has 0 fully saturated rings. The van der Waals surface area contributed by atoms with Gasteiger partial charge in [0.1, 0.15) is 18.1 Å². The zero-order valence-corrected chi connectivity index (χ0v) is 15.5. The molecule has 2 rings (SSSR count). The summed E-state index contributed by atoms with van der Waals surface area (Å²) in [4.78, 5) is 12.4. The number of carbonyl (C=O) groups is 1. The first-order chi connectivity index (χ1) is 12.0. The molecule has 1 amide bonds. The number of aryl methyl sites for hydroxylation is 1. The number of amides is 1. The molecule has 134 valence electrons. The first-order valence-corrected chi connectivity index (χ1v) is 8.79. The summed E-state index contributed by atoms with van der Waals surface area (Å²) in [7, 11) is 0. The van der Waals surface area contributed by atoms with Crippen molar-refractivity contribution in [1.29, 1.82) is 0 Å². The van der Waals surface area contributed by atoms with Crippen LogP contribution in [0, 0.1) is 6.92 Å². The standard InChI is InChI=1S/C21H27NO3/c1-5-16(4)22-21(23)17-9-12-20(24-6-2)18(13-17)14-25-19-10-7-15(3)8-11-19/h7-13,16H,5-6,14H2,1-4H3,(H,22,23)/t16-/m0/s1. The van der Waals surface area contributed by atoms with Gasteiger partial charge in [0, 0.05) is 17.2 Å². The predicted molar refractivity (Wildman–Crippen MR) is 100 cm³/mol. The van der Waals surface area contributed by atoms with Crippen LogP contribution in [0.3, 0.4) is 0 Å². The average Bonchev–Trinajstić information content (AvgIpc) is 2.62. The van der Waals surface area contributed by atoms with Crippen LogP contribution in [0.5, 0.6) is 11.5 Å². The van der Waals surface area contributed by atoms with Gasteiger partial charge in [-0.15, -0.1) is 0 Å². The van der Waals surface area contributed by atoms with Crippen molar-refractivity contribution in [1.82, 2.24) is 5.32 Å². The molecule has 2 aromatic rings. The minimum Gasteiger partial charge on any atom is -0.493 e. The summed E-state index contributed by atoms with van der Waals surface area (Å²) in [5.74, 6) is 1.46. The molecular weight excluding hydrogens is 314 g/mol. The van der Waals surface area contributed by atoms with Gasteiger partial charge >= 0.3 is 0 Å². The van der Waals surface area contributed by atoms with Gasteiger partial charge in [0.05, 0.1) is 6.61 Å². The number of benzene rings is 2. The lowest BCUT2D eigenvalue weighted by Gasteiger charge is -2.15. The number of hydrogen-bond acceptors (Lipinski definition) is 3. The summed E-state index contributed by atoms with van der Waals surface area (Å²) in [6.07, 6.45) is 0.895. The Balaban J connectivity index is 2.16. The molecule has 2 aromatic carbocycles. The van der Waals surface area contributed by atoms with Crippen molar-refractivity contribution in [3.05, 3.63) is 59.2 Å². The molecule has 0 aliphatic rings. The number of hydrogen-bond donors (Lipinski definition) is 1. The molecule has 25 heavy (non-hydrogen) atoms. The lowest BCUT2D eigenvalue weighted by molar-refractivity contribution is 0.0939. The van der Waals surface area contributed by atoms with Gasteiger partial charge in [0.15, 0.2) is 0 Å². The maximum absolute atomic E-state index is 12.4. The minimum absolute atomic E-state index is 0.0750. The van der Waals surface area contributed by atoms with Gasteiger partial charge in [-0.25, -0.2) is 0 Å². The molecule has 1 N–H and O–H groups in total. The molecule has 0 unspecified atom stereocenters. The Kier molecular flexibility index (Phi) is 6.87. The third-order valence-corrected chi connectivity index (χ3v) is 4.03. The van der Waals surface area contributed by atoms with Crippen molar-refractivity contribution in [2.45, 2.75) is 46.8 Å². The van der Waals surface area contributed by atoms with Crippen molar-refractivity contribution >= 4 is 5.91 Å². The number of carbonyl (C=O) groups excluding carboxylic acids is 1. The van der Waals surface area contributed by atoms with Crippen LogP contribution in [0.15, 0.2) is 42.5 Å². The van der Waals surface area contributed by atoms with E-state index < -0.39 is 0 Å². The van der Waals surface area contributed by atoms with Gasteiger partial charge < -0.3 is 14.8 Å². The summed E-state index contributed by atoms with van der Waals surface area (Å²) in [6, 6.07) is 13.5. The molecule has 4 nitrogen and oxygen atoms in total. The van der Waals surface area contributed by atoms with E-state index in [1.165, 1.54) is 5.56 Å². The molecule has 0 bridgehead atoms. The highest BCUT2D eigenvalue weighted by atomic mass is 16.5. The Morgan fingerprint density at radius 1 is 1.08 bits per heavy atom. The Hall–Kier alpha value is -2.49. The van der Waals surface area contributed by atoms with E-state index in [0.717, 1.165) is 23.5 Å². The zero-order chi connectivity index (χ0) is 18.2. The fourth-order valence-corrected chi connectivity index (χ4v) is 2.33. The van der Waals surface area contributed by atoms with Crippen LogP contribution in [-0.4, -0.2) is 18.6 Å². The largest absolute Gasteiger partial charge is 0.493 e. The highest BCUT2D eigenvalue weighted by Gasteiger charge is 2.13. The molecule has 0 radical (unpaired) electrons. The van der Waals surface area contributed by atoms with Crippen molar-refractivity contribution in [2.24, 2.45) is 0 Å². The molecular formula is C21H27NO3. The summed E-state index contributed by atoms with van der Waals surface area (Å²) in [5.41, 5.74) is 2.66. The number of nitrogens with one attached hydrogen (secondary N) is 1. The van der Waals surface area contributed by atoms with E-state index in [1.807, 2.05) is 64.1 Å². The van der Waals surface area contributed by atoms with Crippen LogP contribution < -0.4 is 14.8 Å². The summed E-state index contributed by atoms with van der Waals surface area (Å²) in [5, 5.41) is 2.98. The van der Waals surface area contributed by atoms with Gasteiger partial charge in [-0.3, -0.25) is 4.79 Å². The van der Waals surface area contributed by atoms with Gasteiger partial charge in [0.25, 0.3) is 5.91 Å². The molecule has 0 heterocycles. The topological polar surface area (TPSA) is 47.6 Å². The molecule has 0 aliphatic carbocycles. The lowest BCUT2D eigenvalue weighted by Crippen LogP contribution is -2.32. The van der Waals surface area contributed by atoms with Gasteiger partial charge in [-0.1, -0.05) is 24.6 Å². The molecule has 0 spiro atoms. The van der Waals surface area contributed by atoms with E-state index in [1.54, 1.807) is 6.07 Å². The van der Waals surface area contributed by atoms with Gasteiger partial charge in [-0.05, 0) is 57.5 Å². The van der Waals surface area contributed by atoms with E-state index in [0.29, 0.717) is 18.8 Å². The predicted octanol–water partition coefficient (Wildman–Crippen LogP) is 4.50. The zero-order valence-electron chi connectivity index (χ0n) is 15.5. The van der Waals surface area contributed by atoms with E-state index in [4.69, 9.17) is 9.47 Å². The third kappa shape index (κ3) is 5.52. The van der Waals surface area contributed by atoms with E-state index in [-0.39, 0.29) is 11.9 Å². The Labute approximate surface area is 150 Å². The van der Waals surface area contributed by atoms with E-state index in [2.05, 4.69) is 5.32 Å². The van der Waals surface area contributed by atoms with Crippen molar-refractivity contribution in [2.75, 3.05) is 6.61 Å². The molecule has 0 saturated carbocycles. The fourth-order valence-electron chi connectivity index (χ4n) is 2.33. The first kappa shape index (κ1) is 18.8. The quantitative estimate of drug-likeness (QED) is 0.769. The second-order valence-corrected chi connectivity index (χ2v) is 6.14. The van der Waals surface area contributed by atoms with Gasteiger partial charge in [0.2, 0.25) is 0 Å². The highest BCUT2D eigenvalue weighted by molar-refractivity contribution is 5.94. The Bertz CT molecular complexity index is 695. The number of rotatable bonds is 8. The second kappa shape index (κ2) is 9.11. The maximum Gasteiger partial charge on any atom is 0.251 e. The molecule has 4 heteroatoms. The number of ether oxygens (including phenoxy) is 2. The maximum atomic E-state index is 12.4. The fraction of sp³-hybridized carbons (Fsp3) is 0.381. The third-order valence-electron chi connectivity index (χ3n) is 4.03. The summed E-state index contributed by atoms with van der Waals surface area (Å²) >= 11 is 0. The van der Waals surface area contributed by atoms with Crippen LogP contribution in [-0.2, 0) is 6.61 Å². The lowest BCUT2D eigenvalue weighted by atomic mass is 10.1. The van der Waals surface area contributed by atoms with Crippen LogP contribution in [0.1, 0.15) is 48.7 Å². The monoisotopic (exact) mass is 341 g/mol. The van der Waals surface area contributed by atoms with Crippen LogP contribution >= 0.6 is 0 Å². The van der Waals surface area contributed by atoms with Crippen LogP contribution in [0.25, 0.3) is 0 Å². The van der Waals surface area contributed by atoms with Crippen molar-refractivity contribution in [3.63, 3.8) is 0 Å².